The molecular formula is C25H30F2O5S2. The smallest absolute Gasteiger partial charge is 0.311 e. The van der Waals surface area contributed by atoms with Crippen molar-refractivity contribution >= 4 is 41.3 Å². The molecule has 3 saturated carbocycles. The van der Waals surface area contributed by atoms with Crippen LogP contribution in [0, 0.1) is 34.5 Å². The number of ether oxygens (including phenoxy) is 1. The third-order valence-electron chi connectivity index (χ3n) is 9.72. The van der Waals surface area contributed by atoms with Gasteiger partial charge in [-0.1, -0.05) is 19.9 Å². The van der Waals surface area contributed by atoms with E-state index in [1.807, 2.05) is 0 Å². The summed E-state index contributed by atoms with van der Waals surface area (Å²) >= 11 is 5.77. The van der Waals surface area contributed by atoms with Gasteiger partial charge in [0.15, 0.2) is 17.1 Å². The van der Waals surface area contributed by atoms with Gasteiger partial charge in [-0.15, -0.1) is 12.6 Å². The molecule has 1 aliphatic heterocycles. The largest absolute Gasteiger partial charge is 0.449 e. The van der Waals surface area contributed by atoms with Gasteiger partial charge in [-0.25, -0.2) is 8.78 Å². The Morgan fingerprint density at radius 3 is 2.50 bits per heavy atom. The number of esters is 1. The molecule has 4 fully saturated rings. The Morgan fingerprint density at radius 1 is 1.24 bits per heavy atom. The number of carbonyl (C=O) groups excluding carboxylic acids is 3. The average molecular weight is 513 g/mol. The van der Waals surface area contributed by atoms with E-state index in [9.17, 15) is 19.5 Å². The number of rotatable bonds is 3. The van der Waals surface area contributed by atoms with Crippen molar-refractivity contribution in [1.82, 2.24) is 0 Å². The van der Waals surface area contributed by atoms with Crippen molar-refractivity contribution in [2.75, 3.05) is 11.5 Å². The number of alkyl halides is 2. The second kappa shape index (κ2) is 7.65. The number of ketones is 1. The van der Waals surface area contributed by atoms with Crippen molar-refractivity contribution in [3.8, 4) is 0 Å². The monoisotopic (exact) mass is 512 g/mol. The first-order chi connectivity index (χ1) is 15.8. The number of thioether (sulfide) groups is 1. The number of fused-ring (bicyclic) bond motifs is 5. The van der Waals surface area contributed by atoms with Crippen LogP contribution in [0.15, 0.2) is 23.8 Å². The molecule has 34 heavy (non-hydrogen) atoms. The Morgan fingerprint density at radius 2 is 1.91 bits per heavy atom. The molecule has 0 aromatic carbocycles. The molecule has 1 heterocycles. The zero-order valence-electron chi connectivity index (χ0n) is 19.4. The minimum absolute atomic E-state index is 0.0536. The van der Waals surface area contributed by atoms with Crippen LogP contribution in [0.25, 0.3) is 0 Å². The van der Waals surface area contributed by atoms with Crippen molar-refractivity contribution in [2.24, 2.45) is 34.5 Å². The van der Waals surface area contributed by atoms with E-state index in [1.54, 1.807) is 25.6 Å². The van der Waals surface area contributed by atoms with E-state index in [0.717, 1.165) is 6.08 Å². The van der Waals surface area contributed by atoms with E-state index in [4.69, 9.17) is 4.74 Å². The summed E-state index contributed by atoms with van der Waals surface area (Å²) in [6.07, 6.45) is 0.629. The lowest BCUT2D eigenvalue weighted by molar-refractivity contribution is -0.229. The fourth-order valence-corrected chi connectivity index (χ4v) is 9.12. The molecule has 0 aromatic rings. The summed E-state index contributed by atoms with van der Waals surface area (Å²) in [5.74, 6) is -1.90. The van der Waals surface area contributed by atoms with Gasteiger partial charge < -0.3 is 9.84 Å². The van der Waals surface area contributed by atoms with E-state index >= 15 is 8.78 Å². The Bertz CT molecular complexity index is 1030. The van der Waals surface area contributed by atoms with Gasteiger partial charge in [0.05, 0.1) is 12.0 Å². The van der Waals surface area contributed by atoms with Gasteiger partial charge in [-0.05, 0) is 49.8 Å². The van der Waals surface area contributed by atoms with E-state index in [2.05, 4.69) is 12.6 Å². The topological polar surface area (TPSA) is 80.7 Å². The lowest BCUT2D eigenvalue weighted by Crippen LogP contribution is -2.70. The van der Waals surface area contributed by atoms with Gasteiger partial charge >= 0.3 is 5.97 Å². The number of allylic oxidation sites excluding steroid dienone is 4. The highest BCUT2D eigenvalue weighted by Gasteiger charge is 2.78. The number of carbonyl (C=O) groups is 3. The molecule has 4 aliphatic carbocycles. The highest BCUT2D eigenvalue weighted by molar-refractivity contribution is 8.00. The molecule has 0 bridgehead atoms. The minimum Gasteiger partial charge on any atom is -0.449 e. The fourth-order valence-electron chi connectivity index (χ4n) is 7.85. The first-order valence-electron chi connectivity index (χ1n) is 11.8. The van der Waals surface area contributed by atoms with Gasteiger partial charge in [-0.2, -0.15) is 11.8 Å². The van der Waals surface area contributed by atoms with E-state index in [1.165, 1.54) is 19.1 Å². The van der Waals surface area contributed by atoms with Crippen molar-refractivity contribution in [3.05, 3.63) is 23.8 Å². The molecule has 186 valence electrons. The first-order valence-corrected chi connectivity index (χ1v) is 13.4. The van der Waals surface area contributed by atoms with Crippen LogP contribution in [0.1, 0.15) is 40.0 Å². The lowest BCUT2D eigenvalue weighted by Gasteiger charge is -2.63. The maximum atomic E-state index is 17.2. The van der Waals surface area contributed by atoms with Crippen LogP contribution in [0.3, 0.4) is 0 Å². The minimum atomic E-state index is -2.24. The van der Waals surface area contributed by atoms with Crippen LogP contribution < -0.4 is 0 Å². The summed E-state index contributed by atoms with van der Waals surface area (Å²) in [6.45, 7) is 5.08. The summed E-state index contributed by atoms with van der Waals surface area (Å²) in [4.78, 5) is 38.0. The first kappa shape index (κ1) is 24.5. The molecule has 0 radical (unpaired) electrons. The second-order valence-electron chi connectivity index (χ2n) is 11.2. The van der Waals surface area contributed by atoms with Gasteiger partial charge in [-0.3, -0.25) is 14.4 Å². The Labute approximate surface area is 207 Å². The number of halogens is 2. The Balaban J connectivity index is 1.61. The normalized spacial score (nSPS) is 49.9. The molecule has 0 unspecified atom stereocenters. The van der Waals surface area contributed by atoms with Crippen LogP contribution in [-0.4, -0.2) is 57.0 Å². The number of hydrogen-bond acceptors (Lipinski definition) is 6. The van der Waals surface area contributed by atoms with Crippen LogP contribution in [-0.2, 0) is 19.1 Å². The quantitative estimate of drug-likeness (QED) is 0.444. The van der Waals surface area contributed by atoms with Gasteiger partial charge in [0, 0.05) is 34.2 Å². The number of thiol groups is 1. The zero-order chi connectivity index (χ0) is 24.8. The summed E-state index contributed by atoms with van der Waals surface area (Å²) in [5, 5.41) is 10.8. The zero-order valence-corrected chi connectivity index (χ0v) is 21.1. The van der Waals surface area contributed by atoms with Gasteiger partial charge in [0.2, 0.25) is 5.12 Å². The summed E-state index contributed by atoms with van der Waals surface area (Å²) in [7, 11) is 0. The van der Waals surface area contributed by atoms with E-state index in [0.29, 0.717) is 17.9 Å². The third kappa shape index (κ3) is 2.80. The Hall–Kier alpha value is -1.19. The van der Waals surface area contributed by atoms with Crippen molar-refractivity contribution in [3.63, 3.8) is 0 Å². The summed E-state index contributed by atoms with van der Waals surface area (Å²) < 4.78 is 38.8. The SMILES string of the molecule is C[C@@H]1C[C@H]2[C@@H]3C[C@H](F)C4=CC(=O)C=C[C@]4(C)[C@@]3(F)[C@@H](O)C[C@]2(C)[C@@]1(OC(=O)C1CSC1)C(=O)S. The highest BCUT2D eigenvalue weighted by atomic mass is 32.2. The predicted octanol–water partition coefficient (Wildman–Crippen LogP) is 3.65. The van der Waals surface area contributed by atoms with Crippen LogP contribution >= 0.6 is 24.4 Å². The van der Waals surface area contributed by atoms with Crippen LogP contribution in [0.2, 0.25) is 0 Å². The predicted molar refractivity (Wildman–Crippen MR) is 127 cm³/mol. The van der Waals surface area contributed by atoms with Crippen LogP contribution in [0.4, 0.5) is 8.78 Å². The molecule has 0 amide bonds. The highest BCUT2D eigenvalue weighted by Crippen LogP contribution is 2.71. The lowest BCUT2D eigenvalue weighted by atomic mass is 9.44. The fraction of sp³-hybridized carbons (Fsp3) is 0.720. The molecule has 5 nitrogen and oxygen atoms in total. The number of aliphatic hydroxyl groups is 1. The maximum Gasteiger partial charge on any atom is 0.311 e. The standard InChI is InChI=1S/C25H30F2O5S2/c1-12-6-15-16-8-18(26)17-7-14(28)4-5-22(17,2)24(16,27)19(29)9-23(15,3)25(12,21(31)33)32-20(30)13-10-34-11-13/h4-5,7,12-13,15-16,18-19,29H,6,8-11H2,1-3H3,(H,31,33)/t12-,15+,16+,18+,19+,22+,23+,24+,25+/m1/s1. The summed E-state index contributed by atoms with van der Waals surface area (Å²) in [5.41, 5.74) is -6.45. The molecule has 0 spiro atoms. The molecule has 9 atom stereocenters. The molecule has 9 heteroatoms. The molecule has 0 aromatic heterocycles. The third-order valence-corrected chi connectivity index (χ3v) is 11.3. The van der Waals surface area contributed by atoms with Crippen molar-refractivity contribution < 1.29 is 33.0 Å². The van der Waals surface area contributed by atoms with E-state index in [-0.39, 0.29) is 24.3 Å². The van der Waals surface area contributed by atoms with Crippen LogP contribution in [0.5, 0.6) is 0 Å². The average Bonchev–Trinajstić information content (AvgIpc) is 2.92. The molecular weight excluding hydrogens is 482 g/mol. The molecule has 5 aliphatic rings. The number of hydrogen-bond donors (Lipinski definition) is 2. The van der Waals surface area contributed by atoms with Gasteiger partial charge in [0.25, 0.3) is 0 Å². The maximum absolute atomic E-state index is 17.2. The summed E-state index contributed by atoms with van der Waals surface area (Å²) in [6, 6.07) is 0. The van der Waals surface area contributed by atoms with Crippen molar-refractivity contribution in [1.29, 1.82) is 0 Å². The Kier molecular flexibility index (Phi) is 5.52. The van der Waals surface area contributed by atoms with Gasteiger partial charge in [0.1, 0.15) is 6.17 Å². The second-order valence-corrected chi connectivity index (χ2v) is 12.7. The number of aliphatic hydroxyl groups excluding tert-OH is 1. The molecule has 1 saturated heterocycles. The molecule has 5 rings (SSSR count). The van der Waals surface area contributed by atoms with E-state index < -0.39 is 69.0 Å². The van der Waals surface area contributed by atoms with Crippen molar-refractivity contribution in [2.45, 2.75) is 63.6 Å². The molecule has 1 N–H and O–H groups in total.